The molecule has 0 aliphatic carbocycles. The van der Waals surface area contributed by atoms with Crippen LogP contribution in [0.25, 0.3) is 21.6 Å². The molecule has 2 heterocycles. The molecule has 186 valence electrons. The summed E-state index contributed by atoms with van der Waals surface area (Å²) in [6, 6.07) is 18.3. The van der Waals surface area contributed by atoms with Gasteiger partial charge in [-0.2, -0.15) is 8.42 Å². The third-order valence-corrected chi connectivity index (χ3v) is 11.3. The van der Waals surface area contributed by atoms with Crippen LogP contribution in [0.15, 0.2) is 60.7 Å². The largest absolute Gasteiger partial charge is 0.481 e. The number of anilines is 1. The summed E-state index contributed by atoms with van der Waals surface area (Å²) in [7, 11) is -5.83. The number of carboxylic acid groups (broad SMARTS) is 1. The molecule has 0 unspecified atom stereocenters. The molecule has 0 bridgehead atoms. The number of carbonyl (C=O) groups is 1. The van der Waals surface area contributed by atoms with Crippen LogP contribution >= 0.6 is 11.3 Å². The molecule has 11 heteroatoms. The van der Waals surface area contributed by atoms with E-state index in [-0.39, 0.29) is 5.75 Å². The molecular weight excluding hydrogens is 508 g/mol. The van der Waals surface area contributed by atoms with Crippen LogP contribution in [0.4, 0.5) is 5.69 Å². The average Bonchev–Trinajstić information content (AvgIpc) is 3.31. The van der Waals surface area contributed by atoms with Gasteiger partial charge in [-0.05, 0) is 53.8 Å². The molecule has 0 amide bonds. The van der Waals surface area contributed by atoms with Crippen molar-refractivity contribution in [1.29, 1.82) is 0 Å². The standard InChI is InChI=1S/C24H26N2O6S3/c1-25-35(31,32)26-20-10-8-18(9-11-20)17-4-6-19(7-5-17)21-12-13-22(33-21)24(16-23(27)28)14-2-3-15-34(24,29)30/h4-13,25-26H,2-3,14-16H2,1H3,(H,27,28)/t24-/m0/s1. The Labute approximate surface area is 209 Å². The zero-order valence-electron chi connectivity index (χ0n) is 19.0. The first-order valence-corrected chi connectivity index (χ1v) is 15.0. The molecule has 0 spiro atoms. The molecule has 1 aromatic heterocycles. The maximum Gasteiger partial charge on any atom is 0.305 e. The van der Waals surface area contributed by atoms with Crippen molar-refractivity contribution in [3.8, 4) is 21.6 Å². The third-order valence-electron chi connectivity index (χ3n) is 6.24. The molecule has 1 aliphatic rings. The van der Waals surface area contributed by atoms with E-state index in [9.17, 15) is 26.7 Å². The number of hydrogen-bond donors (Lipinski definition) is 3. The van der Waals surface area contributed by atoms with E-state index >= 15 is 0 Å². The molecule has 3 aromatic rings. The molecule has 1 atom stereocenters. The van der Waals surface area contributed by atoms with Gasteiger partial charge in [0.15, 0.2) is 9.84 Å². The van der Waals surface area contributed by atoms with Crippen molar-refractivity contribution in [3.63, 3.8) is 0 Å². The predicted octanol–water partition coefficient (Wildman–Crippen LogP) is 4.23. The van der Waals surface area contributed by atoms with Crippen molar-refractivity contribution >= 4 is 43.0 Å². The normalized spacial score (nSPS) is 19.8. The van der Waals surface area contributed by atoms with Crippen LogP contribution in [0.3, 0.4) is 0 Å². The first-order chi connectivity index (χ1) is 16.6. The second-order valence-electron chi connectivity index (χ2n) is 8.47. The van der Waals surface area contributed by atoms with Gasteiger partial charge in [0.2, 0.25) is 0 Å². The Morgan fingerprint density at radius 2 is 1.57 bits per heavy atom. The fourth-order valence-corrected chi connectivity index (χ4v) is 8.69. The zero-order valence-corrected chi connectivity index (χ0v) is 21.5. The second-order valence-corrected chi connectivity index (χ2v) is 13.6. The lowest BCUT2D eigenvalue weighted by atomic mass is 9.95. The lowest BCUT2D eigenvalue weighted by molar-refractivity contribution is -0.137. The molecule has 4 rings (SSSR count). The van der Waals surface area contributed by atoms with Crippen LogP contribution in [0.2, 0.25) is 0 Å². The van der Waals surface area contributed by atoms with Gasteiger partial charge in [-0.15, -0.1) is 11.3 Å². The smallest absolute Gasteiger partial charge is 0.305 e. The van der Waals surface area contributed by atoms with Crippen LogP contribution in [-0.2, 0) is 29.6 Å². The number of nitrogens with one attached hydrogen (secondary N) is 2. The van der Waals surface area contributed by atoms with E-state index in [0.29, 0.717) is 29.8 Å². The van der Waals surface area contributed by atoms with E-state index in [1.54, 1.807) is 18.2 Å². The van der Waals surface area contributed by atoms with Crippen molar-refractivity contribution in [2.75, 3.05) is 17.5 Å². The zero-order chi connectivity index (χ0) is 25.3. The van der Waals surface area contributed by atoms with E-state index in [1.165, 1.54) is 18.4 Å². The van der Waals surface area contributed by atoms with Gasteiger partial charge < -0.3 is 5.11 Å². The number of hydrogen-bond acceptors (Lipinski definition) is 6. The molecule has 8 nitrogen and oxygen atoms in total. The SMILES string of the molecule is CNS(=O)(=O)Nc1ccc(-c2ccc(-c3ccc([C@@]4(CC(=O)O)CCCCS4(=O)=O)s3)cc2)cc1. The van der Waals surface area contributed by atoms with E-state index in [0.717, 1.165) is 21.6 Å². The Morgan fingerprint density at radius 3 is 2.14 bits per heavy atom. The first-order valence-electron chi connectivity index (χ1n) is 11.0. The van der Waals surface area contributed by atoms with Crippen LogP contribution in [-0.4, -0.2) is 40.7 Å². The Balaban J connectivity index is 1.58. The fraction of sp³-hybridized carbons (Fsp3) is 0.292. The van der Waals surface area contributed by atoms with Gasteiger partial charge in [0.25, 0.3) is 10.2 Å². The van der Waals surface area contributed by atoms with Gasteiger partial charge in [-0.3, -0.25) is 9.52 Å². The molecule has 3 N–H and O–H groups in total. The molecule has 2 aromatic carbocycles. The van der Waals surface area contributed by atoms with Crippen LogP contribution < -0.4 is 9.44 Å². The van der Waals surface area contributed by atoms with Crippen molar-refractivity contribution < 1.29 is 26.7 Å². The van der Waals surface area contributed by atoms with Crippen LogP contribution in [0.1, 0.15) is 30.6 Å². The van der Waals surface area contributed by atoms with Gasteiger partial charge in [0.05, 0.1) is 12.2 Å². The molecule has 0 radical (unpaired) electrons. The average molecular weight is 535 g/mol. The second kappa shape index (κ2) is 9.73. The fourth-order valence-electron chi connectivity index (χ4n) is 4.36. The van der Waals surface area contributed by atoms with Gasteiger partial charge in [0.1, 0.15) is 4.75 Å². The molecule has 35 heavy (non-hydrogen) atoms. The van der Waals surface area contributed by atoms with Crippen molar-refractivity contribution in [3.05, 3.63) is 65.5 Å². The van der Waals surface area contributed by atoms with Crippen molar-refractivity contribution in [2.45, 2.75) is 30.4 Å². The van der Waals surface area contributed by atoms with Crippen molar-refractivity contribution in [2.24, 2.45) is 0 Å². The molecule has 0 saturated carbocycles. The quantitative estimate of drug-likeness (QED) is 0.397. The van der Waals surface area contributed by atoms with E-state index in [4.69, 9.17) is 0 Å². The van der Waals surface area contributed by atoms with Gasteiger partial charge in [0, 0.05) is 22.5 Å². The van der Waals surface area contributed by atoms with Crippen molar-refractivity contribution in [1.82, 2.24) is 4.72 Å². The van der Waals surface area contributed by atoms with Crippen LogP contribution in [0, 0.1) is 0 Å². The summed E-state index contributed by atoms with van der Waals surface area (Å²) < 4.78 is 52.5. The van der Waals surface area contributed by atoms with Gasteiger partial charge in [-0.25, -0.2) is 13.1 Å². The summed E-state index contributed by atoms with van der Waals surface area (Å²) in [6.07, 6.45) is 1.14. The number of aliphatic carboxylic acids is 1. The minimum atomic E-state index is -3.58. The summed E-state index contributed by atoms with van der Waals surface area (Å²) in [5.41, 5.74) is 3.19. The summed E-state index contributed by atoms with van der Waals surface area (Å²) in [4.78, 5) is 13.0. The van der Waals surface area contributed by atoms with E-state index in [2.05, 4.69) is 9.44 Å². The number of rotatable bonds is 8. The Morgan fingerprint density at radius 1 is 0.971 bits per heavy atom. The lowest BCUT2D eigenvalue weighted by Gasteiger charge is -2.34. The number of carboxylic acids is 1. The topological polar surface area (TPSA) is 130 Å². The highest BCUT2D eigenvalue weighted by Crippen LogP contribution is 2.47. The van der Waals surface area contributed by atoms with E-state index < -0.39 is 37.2 Å². The number of thiophene rings is 1. The van der Waals surface area contributed by atoms with Crippen LogP contribution in [0.5, 0.6) is 0 Å². The highest BCUT2D eigenvalue weighted by atomic mass is 32.2. The maximum absolute atomic E-state index is 13.0. The van der Waals surface area contributed by atoms with Gasteiger partial charge >= 0.3 is 5.97 Å². The molecular formula is C24H26N2O6S3. The molecule has 1 fully saturated rings. The minimum absolute atomic E-state index is 0.0113. The summed E-state index contributed by atoms with van der Waals surface area (Å²) in [6.45, 7) is 0. The molecule has 1 saturated heterocycles. The lowest BCUT2D eigenvalue weighted by Crippen LogP contribution is -2.41. The third kappa shape index (κ3) is 5.27. The summed E-state index contributed by atoms with van der Waals surface area (Å²) in [5, 5.41) is 9.48. The molecule has 1 aliphatic heterocycles. The predicted molar refractivity (Wildman–Crippen MR) is 138 cm³/mol. The monoisotopic (exact) mass is 534 g/mol. The number of benzene rings is 2. The number of sulfone groups is 1. The van der Waals surface area contributed by atoms with Gasteiger partial charge in [-0.1, -0.05) is 42.8 Å². The maximum atomic E-state index is 13.0. The Bertz CT molecular complexity index is 1430. The van der Waals surface area contributed by atoms with E-state index in [1.807, 2.05) is 42.5 Å². The minimum Gasteiger partial charge on any atom is -0.481 e. The highest BCUT2D eigenvalue weighted by Gasteiger charge is 2.49. The Hall–Kier alpha value is -2.73. The Kier molecular flexibility index (Phi) is 7.05. The summed E-state index contributed by atoms with van der Waals surface area (Å²) >= 11 is 1.33. The summed E-state index contributed by atoms with van der Waals surface area (Å²) in [5.74, 6) is -1.10. The highest BCUT2D eigenvalue weighted by molar-refractivity contribution is 7.92. The first kappa shape index (κ1) is 25.4.